The van der Waals surface area contributed by atoms with Crippen molar-refractivity contribution in [1.29, 1.82) is 0 Å². The molecule has 0 aromatic heterocycles. The van der Waals surface area contributed by atoms with E-state index in [4.69, 9.17) is 18.9 Å². The van der Waals surface area contributed by atoms with Crippen molar-refractivity contribution in [3.63, 3.8) is 0 Å². The molecule has 0 saturated carbocycles. The molecular weight excluding hydrogens is 392 g/mol. The van der Waals surface area contributed by atoms with Crippen molar-refractivity contribution in [3.8, 4) is 0 Å². The molecule has 1 heterocycles. The molecule has 0 aliphatic carbocycles. The first kappa shape index (κ1) is 27.3. The predicted octanol–water partition coefficient (Wildman–Crippen LogP) is 2.31. The first-order valence-corrected chi connectivity index (χ1v) is 11.5. The van der Waals surface area contributed by atoms with E-state index in [1.54, 1.807) is 0 Å². The zero-order chi connectivity index (χ0) is 22.2. The van der Waals surface area contributed by atoms with Gasteiger partial charge >= 0.3 is 5.97 Å². The molecule has 1 rings (SSSR count). The Bertz CT molecular complexity index is 433. The van der Waals surface area contributed by atoms with E-state index in [2.05, 4.69) is 6.92 Å². The monoisotopic (exact) mass is 434 g/mol. The Morgan fingerprint density at radius 3 is 2.13 bits per heavy atom. The predicted molar refractivity (Wildman–Crippen MR) is 112 cm³/mol. The van der Waals surface area contributed by atoms with Gasteiger partial charge in [0.1, 0.15) is 31.0 Å². The quantitative estimate of drug-likeness (QED) is 0.236. The number of aliphatic hydroxyl groups is 3. The number of carbonyl (C=O) groups is 1. The molecular formula is C22H42O8. The van der Waals surface area contributed by atoms with E-state index in [0.717, 1.165) is 12.8 Å². The maximum atomic E-state index is 11.1. The average molecular weight is 435 g/mol. The molecule has 8 nitrogen and oxygen atoms in total. The van der Waals surface area contributed by atoms with E-state index in [9.17, 15) is 20.1 Å². The average Bonchev–Trinajstić information content (AvgIpc) is 2.72. The van der Waals surface area contributed by atoms with Crippen LogP contribution in [0.15, 0.2) is 0 Å². The van der Waals surface area contributed by atoms with Gasteiger partial charge in [0.15, 0.2) is 6.29 Å². The number of ether oxygens (including phenoxy) is 4. The van der Waals surface area contributed by atoms with Gasteiger partial charge < -0.3 is 34.3 Å². The molecule has 0 radical (unpaired) electrons. The second-order valence-corrected chi connectivity index (χ2v) is 8.07. The molecule has 8 heteroatoms. The first-order chi connectivity index (χ1) is 14.5. The topological polar surface area (TPSA) is 115 Å². The lowest BCUT2D eigenvalue weighted by Crippen LogP contribution is -2.55. The maximum absolute atomic E-state index is 11.1. The minimum Gasteiger partial charge on any atom is -0.463 e. The summed E-state index contributed by atoms with van der Waals surface area (Å²) in [6.07, 6.45) is 6.79. The summed E-state index contributed by atoms with van der Waals surface area (Å²) >= 11 is 0. The van der Waals surface area contributed by atoms with E-state index in [-0.39, 0.29) is 19.8 Å². The summed E-state index contributed by atoms with van der Waals surface area (Å²) in [7, 11) is 0. The minimum absolute atomic E-state index is 0.0431. The number of hydrogen-bond donors (Lipinski definition) is 3. The van der Waals surface area contributed by atoms with Gasteiger partial charge in [-0.2, -0.15) is 0 Å². The molecule has 0 bridgehead atoms. The molecule has 0 aromatic carbocycles. The van der Waals surface area contributed by atoms with Gasteiger partial charge in [-0.25, -0.2) is 0 Å². The highest BCUT2D eigenvalue weighted by molar-refractivity contribution is 5.65. The third-order valence-electron chi connectivity index (χ3n) is 5.20. The molecule has 3 N–H and O–H groups in total. The van der Waals surface area contributed by atoms with Gasteiger partial charge in [-0.05, 0) is 6.42 Å². The van der Waals surface area contributed by atoms with Crippen molar-refractivity contribution < 1.29 is 39.1 Å². The zero-order valence-electron chi connectivity index (χ0n) is 18.7. The highest BCUT2D eigenvalue weighted by atomic mass is 16.7. The molecule has 5 atom stereocenters. The Kier molecular flexibility index (Phi) is 15.3. The van der Waals surface area contributed by atoms with Crippen LogP contribution in [0, 0.1) is 0 Å². The standard InChI is InChI=1S/C22H42O8/c1-3-4-5-6-7-8-9-10-11-12-13-27-14-18(15-28-17(2)23)30-22-21(26)20(25)19(24)16-29-22/h18-22,24-26H,3-16H2,1-2H3/t18-,19+,20+,21-,22-/m0/s1. The Hall–Kier alpha value is -0.770. The fraction of sp³-hybridized carbons (Fsp3) is 0.955. The molecule has 1 saturated heterocycles. The van der Waals surface area contributed by atoms with Gasteiger partial charge in [-0.15, -0.1) is 0 Å². The van der Waals surface area contributed by atoms with Crippen LogP contribution in [-0.4, -0.2) is 78.4 Å². The Morgan fingerprint density at radius 2 is 1.53 bits per heavy atom. The molecule has 30 heavy (non-hydrogen) atoms. The summed E-state index contributed by atoms with van der Waals surface area (Å²) in [6, 6.07) is 0. The number of esters is 1. The van der Waals surface area contributed by atoms with Gasteiger partial charge in [0.05, 0.1) is 13.2 Å². The number of aliphatic hydroxyl groups excluding tert-OH is 3. The fourth-order valence-corrected chi connectivity index (χ4v) is 3.33. The Morgan fingerprint density at radius 1 is 0.933 bits per heavy atom. The van der Waals surface area contributed by atoms with Crippen LogP contribution >= 0.6 is 0 Å². The van der Waals surface area contributed by atoms with Gasteiger partial charge in [-0.1, -0.05) is 64.7 Å². The minimum atomic E-state index is -1.39. The fourth-order valence-electron chi connectivity index (χ4n) is 3.33. The van der Waals surface area contributed by atoms with E-state index < -0.39 is 36.7 Å². The van der Waals surface area contributed by atoms with Crippen molar-refractivity contribution in [2.45, 2.75) is 109 Å². The van der Waals surface area contributed by atoms with Crippen molar-refractivity contribution in [2.24, 2.45) is 0 Å². The van der Waals surface area contributed by atoms with Gasteiger partial charge in [0.25, 0.3) is 0 Å². The van der Waals surface area contributed by atoms with Crippen LogP contribution in [0.1, 0.15) is 78.1 Å². The molecule has 1 fully saturated rings. The van der Waals surface area contributed by atoms with Crippen LogP contribution in [0.3, 0.4) is 0 Å². The number of unbranched alkanes of at least 4 members (excludes halogenated alkanes) is 9. The Labute approximate surface area is 180 Å². The van der Waals surface area contributed by atoms with Gasteiger partial charge in [0, 0.05) is 13.5 Å². The van der Waals surface area contributed by atoms with Gasteiger partial charge in [0.2, 0.25) is 0 Å². The van der Waals surface area contributed by atoms with Crippen molar-refractivity contribution in [1.82, 2.24) is 0 Å². The van der Waals surface area contributed by atoms with Crippen LogP contribution in [0.4, 0.5) is 0 Å². The summed E-state index contributed by atoms with van der Waals surface area (Å²) in [4.78, 5) is 11.1. The van der Waals surface area contributed by atoms with E-state index in [1.165, 1.54) is 58.3 Å². The molecule has 178 valence electrons. The van der Waals surface area contributed by atoms with Crippen molar-refractivity contribution in [2.75, 3.05) is 26.4 Å². The molecule has 0 amide bonds. The normalized spacial score (nSPS) is 25.2. The lowest BCUT2D eigenvalue weighted by Gasteiger charge is -2.36. The Balaban J connectivity index is 2.18. The number of rotatable bonds is 17. The largest absolute Gasteiger partial charge is 0.463 e. The summed E-state index contributed by atoms with van der Waals surface area (Å²) in [5.74, 6) is -0.445. The second-order valence-electron chi connectivity index (χ2n) is 8.07. The second kappa shape index (κ2) is 16.9. The van der Waals surface area contributed by atoms with E-state index in [0.29, 0.717) is 6.61 Å². The lowest BCUT2D eigenvalue weighted by atomic mass is 10.1. The van der Waals surface area contributed by atoms with Crippen LogP contribution in [0.2, 0.25) is 0 Å². The third kappa shape index (κ3) is 12.2. The number of carbonyl (C=O) groups excluding carboxylic acids is 1. The van der Waals surface area contributed by atoms with Crippen molar-refractivity contribution >= 4 is 5.97 Å². The van der Waals surface area contributed by atoms with Crippen LogP contribution < -0.4 is 0 Å². The molecule has 0 spiro atoms. The summed E-state index contributed by atoms with van der Waals surface area (Å²) in [5.41, 5.74) is 0. The third-order valence-corrected chi connectivity index (χ3v) is 5.20. The molecule has 1 aliphatic rings. The summed E-state index contributed by atoms with van der Waals surface area (Å²) in [5, 5.41) is 29.3. The smallest absolute Gasteiger partial charge is 0.302 e. The zero-order valence-corrected chi connectivity index (χ0v) is 18.7. The first-order valence-electron chi connectivity index (χ1n) is 11.5. The van der Waals surface area contributed by atoms with Crippen molar-refractivity contribution in [3.05, 3.63) is 0 Å². The van der Waals surface area contributed by atoms with Crippen LogP contribution in [-0.2, 0) is 23.7 Å². The highest BCUT2D eigenvalue weighted by Crippen LogP contribution is 2.18. The van der Waals surface area contributed by atoms with Crippen LogP contribution in [0.5, 0.6) is 0 Å². The summed E-state index contributed by atoms with van der Waals surface area (Å²) < 4.78 is 21.5. The number of hydrogen-bond acceptors (Lipinski definition) is 8. The molecule has 0 aromatic rings. The van der Waals surface area contributed by atoms with Gasteiger partial charge in [-0.3, -0.25) is 4.79 Å². The summed E-state index contributed by atoms with van der Waals surface area (Å²) in [6.45, 7) is 4.09. The maximum Gasteiger partial charge on any atom is 0.302 e. The van der Waals surface area contributed by atoms with Crippen LogP contribution in [0.25, 0.3) is 0 Å². The SMILES string of the molecule is CCCCCCCCCCCCOC[C@@H](COC(C)=O)O[C@@H]1OC[C@@H](O)[C@@H](O)[C@@H]1O. The van der Waals surface area contributed by atoms with E-state index in [1.807, 2.05) is 0 Å². The highest BCUT2D eigenvalue weighted by Gasteiger charge is 2.39. The molecule has 0 unspecified atom stereocenters. The van der Waals surface area contributed by atoms with E-state index >= 15 is 0 Å². The molecule has 1 aliphatic heterocycles. The lowest BCUT2D eigenvalue weighted by molar-refractivity contribution is -0.288.